The zero-order valence-electron chi connectivity index (χ0n) is 24.7. The van der Waals surface area contributed by atoms with E-state index in [4.69, 9.17) is 9.41 Å². The SMILES string of the molecule is c1ccc2c(c1)NC(c1ccc3c(c1)oc1cc(-c4cccc5ccccc45)ccc13)=NC2c1ccc2sc3ccccc3c2c1. The Labute approximate surface area is 269 Å². The normalized spacial score (nSPS) is 14.6. The fourth-order valence-corrected chi connectivity index (χ4v) is 8.18. The number of anilines is 1. The number of hydrogen-bond donors (Lipinski definition) is 1. The molecule has 0 fully saturated rings. The molecule has 4 heteroatoms. The zero-order valence-corrected chi connectivity index (χ0v) is 25.5. The van der Waals surface area contributed by atoms with Gasteiger partial charge < -0.3 is 9.73 Å². The Morgan fingerprint density at radius 1 is 0.543 bits per heavy atom. The number of hydrogen-bond acceptors (Lipinski definition) is 4. The predicted octanol–water partition coefficient (Wildman–Crippen LogP) is 11.7. The summed E-state index contributed by atoms with van der Waals surface area (Å²) in [7, 11) is 0. The predicted molar refractivity (Wildman–Crippen MR) is 194 cm³/mol. The molecular weight excluding hydrogens is 581 g/mol. The number of para-hydroxylation sites is 1. The number of amidine groups is 1. The van der Waals surface area contributed by atoms with Gasteiger partial charge in [0.2, 0.25) is 0 Å². The number of nitrogens with zero attached hydrogens (tertiary/aromatic N) is 1. The fourth-order valence-electron chi connectivity index (χ4n) is 7.09. The number of thiophene rings is 1. The first-order valence-electron chi connectivity index (χ1n) is 15.6. The molecule has 1 unspecified atom stereocenters. The van der Waals surface area contributed by atoms with Gasteiger partial charge >= 0.3 is 0 Å². The third-order valence-electron chi connectivity index (χ3n) is 9.33. The summed E-state index contributed by atoms with van der Waals surface area (Å²) in [5.41, 5.74) is 8.55. The Balaban J connectivity index is 1.08. The van der Waals surface area contributed by atoms with Gasteiger partial charge in [-0.2, -0.15) is 0 Å². The lowest BCUT2D eigenvalue weighted by molar-refractivity contribution is 0.669. The van der Waals surface area contributed by atoms with E-state index in [1.54, 1.807) is 0 Å². The van der Waals surface area contributed by atoms with Crippen LogP contribution in [-0.2, 0) is 0 Å². The van der Waals surface area contributed by atoms with Gasteiger partial charge in [-0.25, -0.2) is 0 Å². The van der Waals surface area contributed by atoms with Crippen molar-refractivity contribution < 1.29 is 4.42 Å². The molecule has 0 amide bonds. The van der Waals surface area contributed by atoms with E-state index in [0.29, 0.717) is 0 Å². The summed E-state index contributed by atoms with van der Waals surface area (Å²) in [5.74, 6) is 0.845. The van der Waals surface area contributed by atoms with Crippen LogP contribution in [0.1, 0.15) is 22.7 Å². The molecule has 1 aliphatic rings. The van der Waals surface area contributed by atoms with Gasteiger partial charge in [0.05, 0.1) is 0 Å². The lowest BCUT2D eigenvalue weighted by Crippen LogP contribution is -2.22. The van der Waals surface area contributed by atoms with Gasteiger partial charge in [0.25, 0.3) is 0 Å². The molecule has 2 aromatic heterocycles. The third-order valence-corrected chi connectivity index (χ3v) is 10.5. The Morgan fingerprint density at radius 2 is 1.26 bits per heavy atom. The van der Waals surface area contributed by atoms with Gasteiger partial charge in [0, 0.05) is 47.8 Å². The molecule has 0 spiro atoms. The van der Waals surface area contributed by atoms with Crippen molar-refractivity contribution in [1.29, 1.82) is 0 Å². The minimum absolute atomic E-state index is 0.120. The highest BCUT2D eigenvalue weighted by atomic mass is 32.1. The van der Waals surface area contributed by atoms with Crippen LogP contribution in [-0.4, -0.2) is 5.84 Å². The van der Waals surface area contributed by atoms with E-state index in [0.717, 1.165) is 44.6 Å². The van der Waals surface area contributed by atoms with E-state index in [2.05, 4.69) is 151 Å². The molecule has 3 heterocycles. The maximum Gasteiger partial charge on any atom is 0.136 e. The second-order valence-electron chi connectivity index (χ2n) is 12.0. The van der Waals surface area contributed by atoms with Crippen molar-refractivity contribution in [2.45, 2.75) is 6.04 Å². The Hall–Kier alpha value is -5.71. The van der Waals surface area contributed by atoms with Crippen molar-refractivity contribution in [3.8, 4) is 11.1 Å². The van der Waals surface area contributed by atoms with Crippen LogP contribution >= 0.6 is 11.3 Å². The van der Waals surface area contributed by atoms with E-state index in [-0.39, 0.29) is 6.04 Å². The van der Waals surface area contributed by atoms with Crippen LogP contribution in [0.25, 0.3) is 64.0 Å². The Morgan fingerprint density at radius 3 is 2.17 bits per heavy atom. The van der Waals surface area contributed by atoms with Gasteiger partial charge in [0.1, 0.15) is 23.0 Å². The summed E-state index contributed by atoms with van der Waals surface area (Å²) in [4.78, 5) is 5.35. The van der Waals surface area contributed by atoms with E-state index >= 15 is 0 Å². The summed E-state index contributed by atoms with van der Waals surface area (Å²) in [6.45, 7) is 0. The minimum Gasteiger partial charge on any atom is -0.456 e. The zero-order chi connectivity index (χ0) is 30.2. The van der Waals surface area contributed by atoms with Crippen LogP contribution in [0.3, 0.4) is 0 Å². The van der Waals surface area contributed by atoms with Crippen LogP contribution in [0.5, 0.6) is 0 Å². The van der Waals surface area contributed by atoms with Gasteiger partial charge in [0.15, 0.2) is 0 Å². The van der Waals surface area contributed by atoms with Crippen LogP contribution < -0.4 is 5.32 Å². The van der Waals surface area contributed by atoms with Gasteiger partial charge in [-0.3, -0.25) is 4.99 Å². The number of rotatable bonds is 3. The number of benzene rings is 7. The Bertz CT molecular complexity index is 2690. The molecule has 46 heavy (non-hydrogen) atoms. The topological polar surface area (TPSA) is 37.5 Å². The fraction of sp³-hybridized carbons (Fsp3) is 0.0238. The maximum atomic E-state index is 6.54. The van der Waals surface area contributed by atoms with Gasteiger partial charge in [-0.15, -0.1) is 11.3 Å². The van der Waals surface area contributed by atoms with Gasteiger partial charge in [-0.1, -0.05) is 97.1 Å². The first kappa shape index (κ1) is 25.6. The average Bonchev–Trinajstić information content (AvgIpc) is 3.68. The van der Waals surface area contributed by atoms with Gasteiger partial charge in [-0.05, 0) is 76.0 Å². The highest BCUT2D eigenvalue weighted by Crippen LogP contribution is 2.41. The second kappa shape index (κ2) is 9.90. The Kier molecular flexibility index (Phi) is 5.51. The lowest BCUT2D eigenvalue weighted by Gasteiger charge is -2.26. The molecule has 7 aromatic carbocycles. The minimum atomic E-state index is -0.120. The molecule has 0 radical (unpaired) electrons. The molecule has 10 rings (SSSR count). The lowest BCUT2D eigenvalue weighted by atomic mass is 9.94. The number of fused-ring (bicyclic) bond motifs is 8. The van der Waals surface area contributed by atoms with E-state index in [1.807, 2.05) is 11.3 Å². The molecule has 3 nitrogen and oxygen atoms in total. The summed E-state index contributed by atoms with van der Waals surface area (Å²) in [6.07, 6.45) is 0. The summed E-state index contributed by atoms with van der Waals surface area (Å²) >= 11 is 1.84. The summed E-state index contributed by atoms with van der Waals surface area (Å²) < 4.78 is 9.15. The van der Waals surface area contributed by atoms with Crippen LogP contribution in [0.4, 0.5) is 5.69 Å². The molecule has 216 valence electrons. The molecule has 0 bridgehead atoms. The molecule has 9 aromatic rings. The van der Waals surface area contributed by atoms with Crippen LogP contribution in [0.2, 0.25) is 0 Å². The smallest absolute Gasteiger partial charge is 0.136 e. The van der Waals surface area contributed by atoms with Crippen molar-refractivity contribution in [1.82, 2.24) is 0 Å². The van der Waals surface area contributed by atoms with Crippen molar-refractivity contribution >= 4 is 75.7 Å². The quantitative estimate of drug-likeness (QED) is 0.217. The summed E-state index contributed by atoms with van der Waals surface area (Å²) in [5, 5.41) is 10.9. The molecule has 1 N–H and O–H groups in total. The van der Waals surface area contributed by atoms with Crippen LogP contribution in [0, 0.1) is 0 Å². The largest absolute Gasteiger partial charge is 0.456 e. The van der Waals surface area contributed by atoms with Crippen LogP contribution in [0.15, 0.2) is 155 Å². The maximum absolute atomic E-state index is 6.54. The molecule has 1 atom stereocenters. The van der Waals surface area contributed by atoms with E-state index in [1.165, 1.54) is 47.6 Å². The third kappa shape index (κ3) is 3.94. The highest BCUT2D eigenvalue weighted by molar-refractivity contribution is 7.25. The standard InChI is InChI=1S/C42H26N2OS/c1-2-10-29-25(8-1)9-7-13-30(29)26-16-19-31-32-20-17-28(24-38(32)45-37(31)23-26)42-43-36-14-5-3-12-34(36)41(44-42)27-18-21-40-35(22-27)33-11-4-6-15-39(33)46-40/h1-24,41H,(H,43,44). The average molecular weight is 607 g/mol. The van der Waals surface area contributed by atoms with Crippen molar-refractivity contribution in [2.24, 2.45) is 4.99 Å². The number of nitrogens with one attached hydrogen (secondary N) is 1. The first-order valence-corrected chi connectivity index (χ1v) is 16.4. The summed E-state index contributed by atoms with van der Waals surface area (Å²) in [6, 6.07) is 51.9. The van der Waals surface area contributed by atoms with Crippen molar-refractivity contribution in [3.63, 3.8) is 0 Å². The number of furan rings is 1. The second-order valence-corrected chi connectivity index (χ2v) is 13.1. The molecular formula is C42H26N2OS. The highest BCUT2D eigenvalue weighted by Gasteiger charge is 2.25. The van der Waals surface area contributed by atoms with E-state index in [9.17, 15) is 0 Å². The van der Waals surface area contributed by atoms with E-state index < -0.39 is 0 Å². The molecule has 1 aliphatic heterocycles. The molecule has 0 saturated carbocycles. The first-order chi connectivity index (χ1) is 22.8. The molecule has 0 saturated heterocycles. The number of aliphatic imine (C=N–C) groups is 1. The van der Waals surface area contributed by atoms with Crippen molar-refractivity contribution in [2.75, 3.05) is 5.32 Å². The van der Waals surface area contributed by atoms with Crippen molar-refractivity contribution in [3.05, 3.63) is 162 Å². The molecule has 0 aliphatic carbocycles. The monoisotopic (exact) mass is 606 g/mol.